The van der Waals surface area contributed by atoms with Gasteiger partial charge in [0.15, 0.2) is 0 Å². The van der Waals surface area contributed by atoms with Crippen LogP contribution in [0.15, 0.2) is 0 Å². The van der Waals surface area contributed by atoms with Crippen molar-refractivity contribution < 1.29 is 4.79 Å². The fourth-order valence-corrected chi connectivity index (χ4v) is 1.48. The van der Waals surface area contributed by atoms with Gasteiger partial charge in [-0.2, -0.15) is 24.4 Å². The van der Waals surface area contributed by atoms with Gasteiger partial charge in [0.1, 0.15) is 0 Å². The third-order valence-corrected chi connectivity index (χ3v) is 3.04. The molecule has 0 aromatic heterocycles. The Bertz CT molecular complexity index is 155. The number of hydrogen-bond donors (Lipinski definition) is 3. The molecule has 0 saturated heterocycles. The van der Waals surface area contributed by atoms with Crippen LogP contribution in [0, 0.1) is 0 Å². The van der Waals surface area contributed by atoms with Crippen LogP contribution in [-0.4, -0.2) is 35.8 Å². The van der Waals surface area contributed by atoms with Crippen molar-refractivity contribution in [2.24, 2.45) is 5.73 Å². The SMILES string of the molecule is CSC(C)CC(NCCS)C(N)=O. The molecule has 3 nitrogen and oxygen atoms in total. The maximum absolute atomic E-state index is 11.0. The van der Waals surface area contributed by atoms with Crippen molar-refractivity contribution in [1.82, 2.24) is 5.32 Å². The zero-order chi connectivity index (χ0) is 10.3. The van der Waals surface area contributed by atoms with Crippen LogP contribution in [0.25, 0.3) is 0 Å². The number of hydrogen-bond acceptors (Lipinski definition) is 4. The molecule has 1 amide bonds. The molecule has 0 bridgehead atoms. The molecule has 0 saturated carbocycles. The third-order valence-electron chi connectivity index (χ3n) is 1.82. The normalized spacial score (nSPS) is 15.3. The molecule has 0 heterocycles. The van der Waals surface area contributed by atoms with Crippen LogP contribution in [-0.2, 0) is 4.79 Å². The molecule has 3 N–H and O–H groups in total. The van der Waals surface area contributed by atoms with Gasteiger partial charge in [0.05, 0.1) is 6.04 Å². The number of rotatable bonds is 7. The van der Waals surface area contributed by atoms with Crippen LogP contribution < -0.4 is 11.1 Å². The first-order valence-corrected chi connectivity index (χ1v) is 6.20. The summed E-state index contributed by atoms with van der Waals surface area (Å²) in [5.74, 6) is 0.444. The molecule has 78 valence electrons. The Labute approximate surface area is 89.6 Å². The first-order chi connectivity index (χ1) is 6.11. The molecule has 0 aliphatic heterocycles. The highest BCUT2D eigenvalue weighted by molar-refractivity contribution is 7.99. The summed E-state index contributed by atoms with van der Waals surface area (Å²) in [6, 6.07) is -0.213. The average molecular weight is 222 g/mol. The number of primary amides is 1. The van der Waals surface area contributed by atoms with E-state index >= 15 is 0 Å². The largest absolute Gasteiger partial charge is 0.368 e. The van der Waals surface area contributed by atoms with Crippen molar-refractivity contribution >= 4 is 30.3 Å². The van der Waals surface area contributed by atoms with Gasteiger partial charge < -0.3 is 11.1 Å². The van der Waals surface area contributed by atoms with Crippen LogP contribution >= 0.6 is 24.4 Å². The minimum atomic E-state index is -0.275. The van der Waals surface area contributed by atoms with Gasteiger partial charge in [-0.05, 0) is 12.7 Å². The summed E-state index contributed by atoms with van der Waals surface area (Å²) in [6.07, 6.45) is 2.81. The second kappa shape index (κ2) is 7.53. The van der Waals surface area contributed by atoms with E-state index in [0.717, 1.165) is 18.7 Å². The molecule has 0 aliphatic rings. The number of nitrogens with two attached hydrogens (primary N) is 1. The number of carbonyl (C=O) groups is 1. The lowest BCUT2D eigenvalue weighted by Gasteiger charge is -2.17. The van der Waals surface area contributed by atoms with Crippen molar-refractivity contribution in [2.75, 3.05) is 18.6 Å². The summed E-state index contributed by atoms with van der Waals surface area (Å²) in [5, 5.41) is 3.52. The highest BCUT2D eigenvalue weighted by Crippen LogP contribution is 2.11. The topological polar surface area (TPSA) is 55.1 Å². The zero-order valence-corrected chi connectivity index (χ0v) is 9.83. The molecule has 0 fully saturated rings. The van der Waals surface area contributed by atoms with Gasteiger partial charge in [0, 0.05) is 17.5 Å². The Morgan fingerprint density at radius 2 is 2.31 bits per heavy atom. The van der Waals surface area contributed by atoms with Crippen LogP contribution in [0.5, 0.6) is 0 Å². The van der Waals surface area contributed by atoms with E-state index in [-0.39, 0.29) is 11.9 Å². The van der Waals surface area contributed by atoms with E-state index in [1.807, 2.05) is 6.26 Å². The van der Waals surface area contributed by atoms with Gasteiger partial charge in [0.25, 0.3) is 0 Å². The van der Waals surface area contributed by atoms with Crippen LogP contribution in [0.1, 0.15) is 13.3 Å². The Balaban J connectivity index is 3.87. The van der Waals surface area contributed by atoms with Crippen LogP contribution in [0.4, 0.5) is 0 Å². The lowest BCUT2D eigenvalue weighted by Crippen LogP contribution is -2.43. The Kier molecular flexibility index (Phi) is 7.60. The number of nitrogens with one attached hydrogen (secondary N) is 1. The molecule has 0 aromatic rings. The standard InChI is InChI=1S/C8H18N2OS2/c1-6(13-2)5-7(8(9)11)10-3-4-12/h6-7,10,12H,3-5H2,1-2H3,(H2,9,11). The summed E-state index contributed by atoms with van der Waals surface area (Å²) in [6.45, 7) is 2.81. The monoisotopic (exact) mass is 222 g/mol. The fourth-order valence-electron chi connectivity index (χ4n) is 0.967. The molecule has 0 aromatic carbocycles. The molecule has 13 heavy (non-hydrogen) atoms. The van der Waals surface area contributed by atoms with Crippen molar-refractivity contribution in [3.63, 3.8) is 0 Å². The highest BCUT2D eigenvalue weighted by atomic mass is 32.2. The lowest BCUT2D eigenvalue weighted by atomic mass is 10.1. The second-order valence-electron chi connectivity index (χ2n) is 2.91. The number of amides is 1. The van der Waals surface area contributed by atoms with Crippen LogP contribution in [0.2, 0.25) is 0 Å². The Morgan fingerprint density at radius 3 is 2.69 bits per heavy atom. The molecule has 2 unspecified atom stereocenters. The highest BCUT2D eigenvalue weighted by Gasteiger charge is 2.16. The fraction of sp³-hybridized carbons (Fsp3) is 0.875. The lowest BCUT2D eigenvalue weighted by molar-refractivity contribution is -0.120. The maximum Gasteiger partial charge on any atom is 0.234 e. The maximum atomic E-state index is 11.0. The molecule has 0 rings (SSSR count). The predicted octanol–water partition coefficient (Wildman–Crippen LogP) is 0.501. The third kappa shape index (κ3) is 6.23. The van der Waals surface area contributed by atoms with Crippen molar-refractivity contribution in [3.05, 3.63) is 0 Å². The molecule has 0 spiro atoms. The van der Waals surface area contributed by atoms with E-state index < -0.39 is 0 Å². The van der Waals surface area contributed by atoms with E-state index in [0.29, 0.717) is 5.25 Å². The Morgan fingerprint density at radius 1 is 1.69 bits per heavy atom. The van der Waals surface area contributed by atoms with Crippen molar-refractivity contribution in [2.45, 2.75) is 24.6 Å². The van der Waals surface area contributed by atoms with Gasteiger partial charge in [-0.1, -0.05) is 6.92 Å². The second-order valence-corrected chi connectivity index (χ2v) is 4.64. The quantitative estimate of drug-likeness (QED) is 0.550. The molecule has 5 heteroatoms. The zero-order valence-electron chi connectivity index (χ0n) is 8.12. The number of carbonyl (C=O) groups excluding carboxylic acids is 1. The molecule has 0 radical (unpaired) electrons. The summed E-state index contributed by atoms with van der Waals surface area (Å²) in [4.78, 5) is 11.0. The number of thioether (sulfide) groups is 1. The van der Waals surface area contributed by atoms with E-state index in [2.05, 4.69) is 24.9 Å². The minimum absolute atomic E-state index is 0.213. The van der Waals surface area contributed by atoms with Gasteiger partial charge >= 0.3 is 0 Å². The summed E-state index contributed by atoms with van der Waals surface area (Å²) in [5.41, 5.74) is 5.24. The van der Waals surface area contributed by atoms with Gasteiger partial charge in [-0.3, -0.25) is 4.79 Å². The average Bonchev–Trinajstić information content (AvgIpc) is 2.11. The molecular formula is C8H18N2OS2. The first kappa shape index (κ1) is 13.1. The van der Waals surface area contributed by atoms with Crippen molar-refractivity contribution in [1.29, 1.82) is 0 Å². The van der Waals surface area contributed by atoms with E-state index in [4.69, 9.17) is 5.73 Å². The first-order valence-electron chi connectivity index (χ1n) is 4.28. The molecule has 0 aliphatic carbocycles. The van der Waals surface area contributed by atoms with Crippen molar-refractivity contribution in [3.8, 4) is 0 Å². The van der Waals surface area contributed by atoms with Gasteiger partial charge in [-0.25, -0.2) is 0 Å². The van der Waals surface area contributed by atoms with E-state index in [9.17, 15) is 4.79 Å². The van der Waals surface area contributed by atoms with E-state index in [1.165, 1.54) is 0 Å². The van der Waals surface area contributed by atoms with Crippen LogP contribution in [0.3, 0.4) is 0 Å². The molecular weight excluding hydrogens is 204 g/mol. The van der Waals surface area contributed by atoms with Gasteiger partial charge in [-0.15, -0.1) is 0 Å². The summed E-state index contributed by atoms with van der Waals surface area (Å²) in [7, 11) is 0. The predicted molar refractivity (Wildman–Crippen MR) is 62.4 cm³/mol. The van der Waals surface area contributed by atoms with E-state index in [1.54, 1.807) is 11.8 Å². The number of thiol groups is 1. The van der Waals surface area contributed by atoms with Gasteiger partial charge in [0.2, 0.25) is 5.91 Å². The minimum Gasteiger partial charge on any atom is -0.368 e. The molecule has 2 atom stereocenters. The summed E-state index contributed by atoms with van der Waals surface area (Å²) < 4.78 is 0. The summed E-state index contributed by atoms with van der Waals surface area (Å²) >= 11 is 5.79. The Hall–Kier alpha value is 0.130. The smallest absolute Gasteiger partial charge is 0.234 e.